The molecule has 0 aromatic rings. The maximum absolute atomic E-state index is 11.7. The maximum Gasteiger partial charge on any atom is 0.317 e. The summed E-state index contributed by atoms with van der Waals surface area (Å²) in [5.74, 6) is 0. The molecular weight excluding hydrogens is 204 g/mol. The van der Waals surface area contributed by atoms with Crippen molar-refractivity contribution in [2.24, 2.45) is 0 Å². The summed E-state index contributed by atoms with van der Waals surface area (Å²) in [5, 5.41) is 11.8. The number of carbonyl (C=O) groups is 1. The molecule has 16 heavy (non-hydrogen) atoms. The lowest BCUT2D eigenvalue weighted by Crippen LogP contribution is -2.53. The van der Waals surface area contributed by atoms with Crippen LogP contribution in [0.25, 0.3) is 0 Å². The summed E-state index contributed by atoms with van der Waals surface area (Å²) in [5.41, 5.74) is 0. The number of piperazine rings is 1. The van der Waals surface area contributed by atoms with Crippen molar-refractivity contribution in [1.82, 2.24) is 15.1 Å². The van der Waals surface area contributed by atoms with Crippen LogP contribution in [0.15, 0.2) is 0 Å². The van der Waals surface area contributed by atoms with E-state index in [9.17, 15) is 4.79 Å². The molecule has 88 valence electrons. The zero-order chi connectivity index (χ0) is 11.5. The minimum atomic E-state index is -0.0476. The number of amides is 2. The van der Waals surface area contributed by atoms with Crippen molar-refractivity contribution in [3.63, 3.8) is 0 Å². The van der Waals surface area contributed by atoms with Crippen molar-refractivity contribution in [2.75, 3.05) is 26.2 Å². The van der Waals surface area contributed by atoms with Crippen molar-refractivity contribution in [3.8, 4) is 6.07 Å². The van der Waals surface area contributed by atoms with Crippen molar-refractivity contribution in [2.45, 2.75) is 31.8 Å². The molecule has 5 heteroatoms. The van der Waals surface area contributed by atoms with Gasteiger partial charge in [0.15, 0.2) is 0 Å². The number of carbonyl (C=O) groups excluding carboxylic acids is 1. The van der Waals surface area contributed by atoms with Crippen molar-refractivity contribution in [1.29, 1.82) is 5.26 Å². The Morgan fingerprint density at radius 2 is 2.00 bits per heavy atom. The zero-order valence-corrected chi connectivity index (χ0v) is 9.65. The molecule has 5 nitrogen and oxygen atoms in total. The van der Waals surface area contributed by atoms with Crippen LogP contribution in [0.2, 0.25) is 0 Å². The summed E-state index contributed by atoms with van der Waals surface area (Å²) in [7, 11) is 0. The fourth-order valence-corrected chi connectivity index (χ4v) is 1.89. The van der Waals surface area contributed by atoms with Crippen LogP contribution in [0.4, 0.5) is 4.79 Å². The smallest absolute Gasteiger partial charge is 0.317 e. The summed E-state index contributed by atoms with van der Waals surface area (Å²) in [4.78, 5) is 15.7. The van der Waals surface area contributed by atoms with Gasteiger partial charge in [0.2, 0.25) is 0 Å². The molecule has 1 saturated heterocycles. The molecule has 2 rings (SSSR count). The van der Waals surface area contributed by atoms with E-state index in [1.807, 2.05) is 11.8 Å². The Labute approximate surface area is 96.0 Å². The summed E-state index contributed by atoms with van der Waals surface area (Å²) in [6, 6.07) is 2.66. The van der Waals surface area contributed by atoms with Crippen LogP contribution >= 0.6 is 0 Å². The molecule has 1 heterocycles. The SMILES string of the molecule is CC(C#N)N1CCN(C(=O)NC2CC2)CC1. The van der Waals surface area contributed by atoms with Gasteiger partial charge in [-0.1, -0.05) is 0 Å². The van der Waals surface area contributed by atoms with Gasteiger partial charge in [-0.05, 0) is 19.8 Å². The van der Waals surface area contributed by atoms with E-state index >= 15 is 0 Å². The number of urea groups is 1. The second-order valence-electron chi connectivity index (χ2n) is 4.55. The van der Waals surface area contributed by atoms with Gasteiger partial charge in [-0.3, -0.25) is 4.90 Å². The highest BCUT2D eigenvalue weighted by molar-refractivity contribution is 5.75. The molecule has 1 atom stereocenters. The molecule has 1 saturated carbocycles. The Morgan fingerprint density at radius 1 is 1.38 bits per heavy atom. The second kappa shape index (κ2) is 4.71. The first-order valence-corrected chi connectivity index (χ1v) is 5.90. The van der Waals surface area contributed by atoms with Crippen LogP contribution in [0.5, 0.6) is 0 Å². The van der Waals surface area contributed by atoms with Gasteiger partial charge >= 0.3 is 6.03 Å². The van der Waals surface area contributed by atoms with Gasteiger partial charge < -0.3 is 10.2 Å². The van der Waals surface area contributed by atoms with E-state index in [1.165, 1.54) is 0 Å². The van der Waals surface area contributed by atoms with E-state index in [-0.39, 0.29) is 12.1 Å². The molecule has 0 bridgehead atoms. The van der Waals surface area contributed by atoms with E-state index in [0.29, 0.717) is 6.04 Å². The first-order chi connectivity index (χ1) is 7.70. The van der Waals surface area contributed by atoms with Crippen LogP contribution in [0.1, 0.15) is 19.8 Å². The Morgan fingerprint density at radius 3 is 2.50 bits per heavy atom. The first kappa shape index (κ1) is 11.2. The van der Waals surface area contributed by atoms with Crippen LogP contribution in [-0.2, 0) is 0 Å². The second-order valence-corrected chi connectivity index (χ2v) is 4.55. The van der Waals surface area contributed by atoms with Gasteiger partial charge in [0.25, 0.3) is 0 Å². The zero-order valence-electron chi connectivity index (χ0n) is 9.65. The Bertz CT molecular complexity index is 300. The number of rotatable bonds is 2. The molecule has 0 radical (unpaired) electrons. The van der Waals surface area contributed by atoms with E-state index in [0.717, 1.165) is 39.0 Å². The quantitative estimate of drug-likeness (QED) is 0.735. The monoisotopic (exact) mass is 222 g/mol. The van der Waals surface area contributed by atoms with Gasteiger partial charge in [0, 0.05) is 32.2 Å². The fourth-order valence-electron chi connectivity index (χ4n) is 1.89. The minimum Gasteiger partial charge on any atom is -0.335 e. The van der Waals surface area contributed by atoms with Gasteiger partial charge in [0.05, 0.1) is 12.1 Å². The van der Waals surface area contributed by atoms with E-state index in [1.54, 1.807) is 0 Å². The number of nitrogens with zero attached hydrogens (tertiary/aromatic N) is 3. The maximum atomic E-state index is 11.7. The molecule has 0 aromatic carbocycles. The molecule has 1 unspecified atom stereocenters. The molecule has 2 amide bonds. The fraction of sp³-hybridized carbons (Fsp3) is 0.818. The lowest BCUT2D eigenvalue weighted by molar-refractivity contribution is 0.128. The third-order valence-corrected chi connectivity index (χ3v) is 3.24. The van der Waals surface area contributed by atoms with Crippen molar-refractivity contribution in [3.05, 3.63) is 0 Å². The standard InChI is InChI=1S/C11H18N4O/c1-9(8-12)14-4-6-15(7-5-14)11(16)13-10-2-3-10/h9-10H,2-7H2,1H3,(H,13,16). The molecule has 0 aromatic heterocycles. The average molecular weight is 222 g/mol. The summed E-state index contributed by atoms with van der Waals surface area (Å²) >= 11 is 0. The first-order valence-electron chi connectivity index (χ1n) is 5.90. The molecule has 1 aliphatic heterocycles. The van der Waals surface area contributed by atoms with E-state index < -0.39 is 0 Å². The number of nitrogens with one attached hydrogen (secondary N) is 1. The van der Waals surface area contributed by atoms with Crippen LogP contribution in [-0.4, -0.2) is 54.1 Å². The van der Waals surface area contributed by atoms with Gasteiger partial charge in [-0.15, -0.1) is 0 Å². The molecule has 0 spiro atoms. The van der Waals surface area contributed by atoms with Gasteiger partial charge in [0.1, 0.15) is 0 Å². The number of nitriles is 1. The highest BCUT2D eigenvalue weighted by atomic mass is 16.2. The lowest BCUT2D eigenvalue weighted by atomic mass is 10.2. The third-order valence-electron chi connectivity index (χ3n) is 3.24. The highest BCUT2D eigenvalue weighted by Gasteiger charge is 2.28. The van der Waals surface area contributed by atoms with Crippen LogP contribution in [0, 0.1) is 11.3 Å². The lowest BCUT2D eigenvalue weighted by Gasteiger charge is -2.35. The molecule has 1 N–H and O–H groups in total. The molecular formula is C11H18N4O. The summed E-state index contributed by atoms with van der Waals surface area (Å²) in [6.07, 6.45) is 2.24. The minimum absolute atomic E-state index is 0.0476. The summed E-state index contributed by atoms with van der Waals surface area (Å²) < 4.78 is 0. The van der Waals surface area contributed by atoms with Gasteiger partial charge in [-0.25, -0.2) is 4.79 Å². The summed E-state index contributed by atoms with van der Waals surface area (Å²) in [6.45, 7) is 4.95. The van der Waals surface area contributed by atoms with Crippen molar-refractivity contribution >= 4 is 6.03 Å². The predicted octanol–water partition coefficient (Wildman–Crippen LogP) is 0.388. The molecule has 1 aliphatic carbocycles. The molecule has 2 fully saturated rings. The Kier molecular flexibility index (Phi) is 3.30. The van der Waals surface area contributed by atoms with E-state index in [4.69, 9.17) is 5.26 Å². The molecule has 2 aliphatic rings. The predicted molar refractivity (Wildman–Crippen MR) is 59.8 cm³/mol. The van der Waals surface area contributed by atoms with Crippen LogP contribution < -0.4 is 5.32 Å². The van der Waals surface area contributed by atoms with E-state index in [2.05, 4.69) is 16.3 Å². The average Bonchev–Trinajstić information content (AvgIpc) is 3.12. The Hall–Kier alpha value is -1.28. The number of hydrogen-bond donors (Lipinski definition) is 1. The van der Waals surface area contributed by atoms with Crippen LogP contribution in [0.3, 0.4) is 0 Å². The topological polar surface area (TPSA) is 59.4 Å². The highest BCUT2D eigenvalue weighted by Crippen LogP contribution is 2.19. The Balaban J connectivity index is 1.75. The van der Waals surface area contributed by atoms with Crippen molar-refractivity contribution < 1.29 is 4.79 Å². The largest absolute Gasteiger partial charge is 0.335 e. The number of hydrogen-bond acceptors (Lipinski definition) is 3. The third kappa shape index (κ3) is 2.64. The van der Waals surface area contributed by atoms with Gasteiger partial charge in [-0.2, -0.15) is 5.26 Å². The normalized spacial score (nSPS) is 23.6.